The van der Waals surface area contributed by atoms with E-state index in [0.29, 0.717) is 16.3 Å². The van der Waals surface area contributed by atoms with Crippen molar-refractivity contribution in [1.29, 1.82) is 0 Å². The second-order valence-corrected chi connectivity index (χ2v) is 9.82. The van der Waals surface area contributed by atoms with Gasteiger partial charge in [0.25, 0.3) is 0 Å². The van der Waals surface area contributed by atoms with E-state index >= 15 is 0 Å². The maximum absolute atomic E-state index is 13.0. The molecule has 7 nitrogen and oxygen atoms in total. The summed E-state index contributed by atoms with van der Waals surface area (Å²) in [6.45, 7) is 3.50. The molecule has 0 amide bonds. The molecule has 0 spiro atoms. The zero-order valence-electron chi connectivity index (χ0n) is 16.3. The van der Waals surface area contributed by atoms with Crippen molar-refractivity contribution in [1.82, 2.24) is 15.1 Å². The van der Waals surface area contributed by atoms with Gasteiger partial charge in [0, 0.05) is 12.1 Å². The Morgan fingerprint density at radius 3 is 2.36 bits per heavy atom. The molecule has 2 bridgehead atoms. The topological polar surface area (TPSA) is 95.5 Å². The molecule has 1 unspecified atom stereocenters. The fourth-order valence-electron chi connectivity index (χ4n) is 4.66. The summed E-state index contributed by atoms with van der Waals surface area (Å²) in [5.74, 6) is 0.842. The van der Waals surface area contributed by atoms with E-state index < -0.39 is 9.84 Å². The van der Waals surface area contributed by atoms with Gasteiger partial charge in [0.1, 0.15) is 22.6 Å². The molecule has 2 aliphatic rings. The number of nitrogens with zero attached hydrogens (tertiary/aromatic N) is 2. The minimum Gasteiger partial charge on any atom is -0.490 e. The summed E-state index contributed by atoms with van der Waals surface area (Å²) >= 11 is 0. The van der Waals surface area contributed by atoms with Crippen molar-refractivity contribution >= 4 is 9.84 Å². The molecule has 0 aliphatic carbocycles. The lowest BCUT2D eigenvalue weighted by molar-refractivity contribution is 0.0609. The van der Waals surface area contributed by atoms with E-state index in [1.165, 1.54) is 0 Å². The van der Waals surface area contributed by atoms with Crippen LogP contribution in [0.25, 0.3) is 0 Å². The maximum Gasteiger partial charge on any atom is 0.195 e. The first-order valence-corrected chi connectivity index (χ1v) is 11.4. The normalized spacial score (nSPS) is 25.2. The van der Waals surface area contributed by atoms with Crippen molar-refractivity contribution in [3.8, 4) is 5.75 Å². The number of hydrogen-bond acceptors (Lipinski definition) is 6. The number of sulfone groups is 1. The van der Waals surface area contributed by atoms with Crippen LogP contribution in [0.4, 0.5) is 0 Å². The van der Waals surface area contributed by atoms with Gasteiger partial charge in [-0.05, 0) is 57.2 Å². The van der Waals surface area contributed by atoms with E-state index in [4.69, 9.17) is 9.84 Å². The number of fused-ring (bicyclic) bond motifs is 2. The molecule has 152 valence electrons. The van der Waals surface area contributed by atoms with Crippen LogP contribution in [0.5, 0.6) is 5.75 Å². The number of aliphatic hydroxyl groups is 1. The third-order valence-electron chi connectivity index (χ3n) is 5.94. The fourth-order valence-corrected chi connectivity index (χ4v) is 6.61. The SMILES string of the molecule is Cc1n[nH]c(C)c1S(=O)(=O)CN1[C@@H]2CC[C@H]1CC(Oc1ccc(CO)cc1)C2. The van der Waals surface area contributed by atoms with E-state index in [2.05, 4.69) is 15.1 Å². The first kappa shape index (κ1) is 19.4. The van der Waals surface area contributed by atoms with Gasteiger partial charge in [-0.1, -0.05) is 12.1 Å². The van der Waals surface area contributed by atoms with Gasteiger partial charge in [-0.2, -0.15) is 5.10 Å². The summed E-state index contributed by atoms with van der Waals surface area (Å²) in [6, 6.07) is 7.94. The number of aryl methyl sites for hydroxylation is 2. The van der Waals surface area contributed by atoms with E-state index in [1.54, 1.807) is 13.8 Å². The zero-order valence-corrected chi connectivity index (χ0v) is 17.1. The molecule has 2 saturated heterocycles. The molecule has 3 heterocycles. The molecular formula is C20H27N3O4S. The first-order chi connectivity index (χ1) is 13.4. The van der Waals surface area contributed by atoms with Gasteiger partial charge in [0.2, 0.25) is 0 Å². The Balaban J connectivity index is 1.44. The molecule has 2 aromatic rings. The van der Waals surface area contributed by atoms with E-state index in [-0.39, 0.29) is 30.7 Å². The van der Waals surface area contributed by atoms with Crippen molar-refractivity contribution in [3.63, 3.8) is 0 Å². The highest BCUT2D eigenvalue weighted by molar-refractivity contribution is 7.91. The van der Waals surface area contributed by atoms with Crippen LogP contribution in [-0.4, -0.2) is 52.7 Å². The number of ether oxygens (including phenoxy) is 1. The Morgan fingerprint density at radius 1 is 1.18 bits per heavy atom. The van der Waals surface area contributed by atoms with Crippen molar-refractivity contribution in [3.05, 3.63) is 41.2 Å². The van der Waals surface area contributed by atoms with Gasteiger partial charge in [0.05, 0.1) is 18.0 Å². The molecule has 1 aromatic carbocycles. The Bertz CT molecular complexity index is 905. The quantitative estimate of drug-likeness (QED) is 0.766. The number of nitrogens with one attached hydrogen (secondary N) is 1. The van der Waals surface area contributed by atoms with Crippen LogP contribution in [0.2, 0.25) is 0 Å². The molecule has 2 aliphatic heterocycles. The lowest BCUT2D eigenvalue weighted by Gasteiger charge is -2.38. The minimum atomic E-state index is -3.42. The lowest BCUT2D eigenvalue weighted by Crippen LogP contribution is -2.48. The number of benzene rings is 1. The Morgan fingerprint density at radius 2 is 1.82 bits per heavy atom. The second kappa shape index (κ2) is 7.50. The number of hydrogen-bond donors (Lipinski definition) is 2. The van der Waals surface area contributed by atoms with Gasteiger partial charge in [-0.3, -0.25) is 10.00 Å². The molecule has 0 saturated carbocycles. The zero-order chi connectivity index (χ0) is 19.9. The molecule has 2 fully saturated rings. The predicted molar refractivity (Wildman–Crippen MR) is 105 cm³/mol. The Hall–Kier alpha value is -1.90. The fraction of sp³-hybridized carbons (Fsp3) is 0.550. The van der Waals surface area contributed by atoms with Crippen LogP contribution in [0, 0.1) is 13.8 Å². The van der Waals surface area contributed by atoms with E-state index in [1.807, 2.05) is 24.3 Å². The molecule has 28 heavy (non-hydrogen) atoms. The van der Waals surface area contributed by atoms with E-state index in [9.17, 15) is 8.42 Å². The lowest BCUT2D eigenvalue weighted by atomic mass is 10.0. The van der Waals surface area contributed by atoms with Crippen LogP contribution in [0.3, 0.4) is 0 Å². The number of aromatic amines is 1. The molecule has 4 rings (SSSR count). The third-order valence-corrected chi connectivity index (χ3v) is 7.80. The standard InChI is InChI=1S/C20H27N3O4S/c1-13-20(14(2)22-21-13)28(25,26)12-23-16-5-6-17(23)10-19(9-16)27-18-7-3-15(11-24)4-8-18/h3-4,7-8,16-17,19,24H,5-6,9-12H2,1-2H3,(H,21,22)/t16-,17+,19?. The highest BCUT2D eigenvalue weighted by atomic mass is 32.2. The number of rotatable bonds is 6. The van der Waals surface area contributed by atoms with Gasteiger partial charge in [-0.25, -0.2) is 8.42 Å². The minimum absolute atomic E-state index is 0.0207. The number of aromatic nitrogens is 2. The predicted octanol–water partition coefficient (Wildman–Crippen LogP) is 2.32. The monoisotopic (exact) mass is 405 g/mol. The molecule has 8 heteroatoms. The maximum atomic E-state index is 13.0. The largest absolute Gasteiger partial charge is 0.490 e. The summed E-state index contributed by atoms with van der Waals surface area (Å²) in [4.78, 5) is 2.49. The van der Waals surface area contributed by atoms with Crippen LogP contribution >= 0.6 is 0 Å². The summed E-state index contributed by atoms with van der Waals surface area (Å²) < 4.78 is 32.2. The van der Waals surface area contributed by atoms with E-state index in [0.717, 1.165) is 37.0 Å². The van der Waals surface area contributed by atoms with Crippen LogP contribution in [0.15, 0.2) is 29.2 Å². The van der Waals surface area contributed by atoms with Gasteiger partial charge in [-0.15, -0.1) is 0 Å². The molecule has 3 atom stereocenters. The summed E-state index contributed by atoms with van der Waals surface area (Å²) in [7, 11) is -3.42. The van der Waals surface area contributed by atoms with Crippen molar-refractivity contribution in [2.24, 2.45) is 0 Å². The molecule has 0 radical (unpaired) electrons. The van der Waals surface area contributed by atoms with Crippen LogP contribution in [-0.2, 0) is 16.4 Å². The van der Waals surface area contributed by atoms with Crippen LogP contribution in [0.1, 0.15) is 42.6 Å². The average Bonchev–Trinajstić information content (AvgIpc) is 3.10. The number of H-pyrrole nitrogens is 1. The van der Waals surface area contributed by atoms with Crippen molar-refractivity contribution in [2.75, 3.05) is 5.88 Å². The Kier molecular flexibility index (Phi) is 5.20. The molecular weight excluding hydrogens is 378 g/mol. The summed E-state index contributed by atoms with van der Waals surface area (Å²) in [6.07, 6.45) is 3.77. The smallest absolute Gasteiger partial charge is 0.195 e. The third kappa shape index (κ3) is 3.68. The highest BCUT2D eigenvalue weighted by Crippen LogP contribution is 2.38. The molecule has 1 aromatic heterocycles. The second-order valence-electron chi connectivity index (χ2n) is 7.92. The van der Waals surface area contributed by atoms with Gasteiger partial charge >= 0.3 is 0 Å². The Labute approximate surface area is 165 Å². The van der Waals surface area contributed by atoms with Gasteiger partial charge in [0.15, 0.2) is 9.84 Å². The number of piperidine rings is 1. The van der Waals surface area contributed by atoms with Crippen LogP contribution < -0.4 is 4.74 Å². The van der Waals surface area contributed by atoms with Crippen molar-refractivity contribution in [2.45, 2.75) is 69.2 Å². The average molecular weight is 406 g/mol. The van der Waals surface area contributed by atoms with Crippen molar-refractivity contribution < 1.29 is 18.3 Å². The summed E-state index contributed by atoms with van der Waals surface area (Å²) in [5.41, 5.74) is 2.00. The summed E-state index contributed by atoms with van der Waals surface area (Å²) in [5, 5.41) is 16.0. The number of aliphatic hydroxyl groups excluding tert-OH is 1. The first-order valence-electron chi connectivity index (χ1n) is 9.74. The molecule has 2 N–H and O–H groups in total. The highest BCUT2D eigenvalue weighted by Gasteiger charge is 2.43. The van der Waals surface area contributed by atoms with Gasteiger partial charge < -0.3 is 9.84 Å².